The number of methoxy groups -OCH3 is 1. The molecule has 0 bridgehead atoms. The number of rotatable bonds is 7. The van der Waals surface area contributed by atoms with Crippen LogP contribution in [0.3, 0.4) is 0 Å². The van der Waals surface area contributed by atoms with Gasteiger partial charge < -0.3 is 9.47 Å². The fourth-order valence-corrected chi connectivity index (χ4v) is 3.46. The summed E-state index contributed by atoms with van der Waals surface area (Å²) in [6.07, 6.45) is 0.772. The number of halogens is 1. The third-order valence-electron chi connectivity index (χ3n) is 4.30. The molecule has 0 fully saturated rings. The highest BCUT2D eigenvalue weighted by Crippen LogP contribution is 2.21. The van der Waals surface area contributed by atoms with Gasteiger partial charge in [0.05, 0.1) is 17.3 Å². The summed E-state index contributed by atoms with van der Waals surface area (Å²) < 4.78 is 11.7. The van der Waals surface area contributed by atoms with Crippen LogP contribution in [0.2, 0.25) is 0 Å². The van der Waals surface area contributed by atoms with Crippen molar-refractivity contribution in [1.29, 1.82) is 0 Å². The lowest BCUT2D eigenvalue weighted by molar-refractivity contribution is 0.0846. The molecule has 0 aliphatic rings. The van der Waals surface area contributed by atoms with Crippen molar-refractivity contribution in [2.24, 2.45) is 0 Å². The minimum atomic E-state index is -0.430. The van der Waals surface area contributed by atoms with Crippen molar-refractivity contribution >= 4 is 34.4 Å². The second-order valence-electron chi connectivity index (χ2n) is 6.37. The van der Waals surface area contributed by atoms with Gasteiger partial charge in [0.1, 0.15) is 11.5 Å². The summed E-state index contributed by atoms with van der Waals surface area (Å²) in [5, 5.41) is 0. The van der Waals surface area contributed by atoms with E-state index in [0.29, 0.717) is 29.2 Å². The fraction of sp³-hybridized carbons (Fsp3) is 0.130. The van der Waals surface area contributed by atoms with Gasteiger partial charge in [-0.25, -0.2) is 0 Å². The van der Waals surface area contributed by atoms with Gasteiger partial charge in [-0.2, -0.15) is 0 Å². The highest BCUT2D eigenvalue weighted by molar-refractivity contribution is 14.1. The maximum atomic E-state index is 12.4. The normalized spacial score (nSPS) is 10.2. The van der Waals surface area contributed by atoms with Crippen LogP contribution in [0.1, 0.15) is 26.3 Å². The zero-order valence-electron chi connectivity index (χ0n) is 16.4. The van der Waals surface area contributed by atoms with Crippen LogP contribution in [0, 0.1) is 3.57 Å². The Morgan fingerprint density at radius 2 is 1.57 bits per heavy atom. The maximum absolute atomic E-state index is 12.4. The molecule has 2 amide bonds. The number of carbonyl (C=O) groups is 2. The van der Waals surface area contributed by atoms with Gasteiger partial charge in [-0.1, -0.05) is 36.4 Å². The van der Waals surface area contributed by atoms with Crippen molar-refractivity contribution in [3.63, 3.8) is 0 Å². The lowest BCUT2D eigenvalue weighted by Crippen LogP contribution is -2.41. The summed E-state index contributed by atoms with van der Waals surface area (Å²) in [6.45, 7) is 0.502. The molecule has 3 aromatic rings. The topological polar surface area (TPSA) is 76.7 Å². The van der Waals surface area contributed by atoms with E-state index < -0.39 is 11.8 Å². The number of benzene rings is 3. The zero-order chi connectivity index (χ0) is 21.3. The Balaban J connectivity index is 1.53. The van der Waals surface area contributed by atoms with Gasteiger partial charge in [0.25, 0.3) is 11.8 Å². The van der Waals surface area contributed by atoms with Gasteiger partial charge in [-0.15, -0.1) is 0 Å². The van der Waals surface area contributed by atoms with Crippen LogP contribution in [0.25, 0.3) is 0 Å². The molecule has 0 spiro atoms. The van der Waals surface area contributed by atoms with Crippen molar-refractivity contribution in [2.75, 3.05) is 13.7 Å². The predicted octanol–water partition coefficient (Wildman–Crippen LogP) is 4.00. The van der Waals surface area contributed by atoms with E-state index in [1.165, 1.54) is 5.56 Å². The molecule has 6 nitrogen and oxygen atoms in total. The van der Waals surface area contributed by atoms with Gasteiger partial charge in [0.2, 0.25) is 0 Å². The molecule has 30 heavy (non-hydrogen) atoms. The average Bonchev–Trinajstić information content (AvgIpc) is 2.78. The number of hydrogen-bond acceptors (Lipinski definition) is 4. The summed E-state index contributed by atoms with van der Waals surface area (Å²) in [5.74, 6) is 0.425. The fourth-order valence-electron chi connectivity index (χ4n) is 2.72. The number of carbonyl (C=O) groups excluding carboxylic acids is 2. The first kappa shape index (κ1) is 21.6. The Morgan fingerprint density at radius 3 is 2.23 bits per heavy atom. The Hall–Kier alpha value is -3.07. The molecule has 3 rings (SSSR count). The molecule has 2 N–H and O–H groups in total. The Kier molecular flexibility index (Phi) is 7.67. The number of nitrogens with one attached hydrogen (secondary N) is 2. The summed E-state index contributed by atoms with van der Waals surface area (Å²) >= 11 is 2.08. The van der Waals surface area contributed by atoms with Crippen LogP contribution in [-0.4, -0.2) is 25.5 Å². The van der Waals surface area contributed by atoms with E-state index in [9.17, 15) is 9.59 Å². The lowest BCUT2D eigenvalue weighted by atomic mass is 10.2. The highest BCUT2D eigenvalue weighted by Gasteiger charge is 2.12. The third kappa shape index (κ3) is 5.96. The minimum absolute atomic E-state index is 0.386. The largest absolute Gasteiger partial charge is 0.496 e. The molecule has 3 aromatic carbocycles. The smallest absolute Gasteiger partial charge is 0.269 e. The number of hydrogen-bond donors (Lipinski definition) is 2. The van der Waals surface area contributed by atoms with E-state index in [1.807, 2.05) is 30.3 Å². The highest BCUT2D eigenvalue weighted by atomic mass is 127. The van der Waals surface area contributed by atoms with E-state index in [0.717, 1.165) is 9.99 Å². The molecule has 0 saturated heterocycles. The Labute approximate surface area is 188 Å². The molecule has 0 unspecified atom stereocenters. The lowest BCUT2D eigenvalue weighted by Gasteiger charge is -2.10. The van der Waals surface area contributed by atoms with E-state index in [4.69, 9.17) is 9.47 Å². The summed E-state index contributed by atoms with van der Waals surface area (Å²) in [6, 6.07) is 21.9. The average molecular weight is 516 g/mol. The standard InChI is InChI=1S/C23H21IN2O4/c1-29-21-11-10-18(15-20(21)24)23(28)26-25-22(27)17-8-5-9-19(14-17)30-13-12-16-6-3-2-4-7-16/h2-11,14-15H,12-13H2,1H3,(H,25,27)(H,26,28). The molecule has 0 heterocycles. The Morgan fingerprint density at radius 1 is 0.867 bits per heavy atom. The summed E-state index contributed by atoms with van der Waals surface area (Å²) in [4.78, 5) is 24.7. The van der Waals surface area contributed by atoms with Crippen molar-refractivity contribution < 1.29 is 19.1 Å². The maximum Gasteiger partial charge on any atom is 0.269 e. The predicted molar refractivity (Wildman–Crippen MR) is 123 cm³/mol. The molecule has 0 saturated carbocycles. The number of hydrazine groups is 1. The molecule has 0 aliphatic heterocycles. The zero-order valence-corrected chi connectivity index (χ0v) is 18.5. The molecule has 154 valence electrons. The van der Waals surface area contributed by atoms with Crippen molar-refractivity contribution in [3.05, 3.63) is 93.1 Å². The molecule has 7 heteroatoms. The molecule has 0 aromatic heterocycles. The second kappa shape index (κ2) is 10.6. The van der Waals surface area contributed by atoms with Gasteiger partial charge in [-0.05, 0) is 64.6 Å². The van der Waals surface area contributed by atoms with Crippen LogP contribution in [0.4, 0.5) is 0 Å². The van der Waals surface area contributed by atoms with Gasteiger partial charge in [0.15, 0.2) is 0 Å². The van der Waals surface area contributed by atoms with E-state index in [2.05, 4.69) is 33.4 Å². The summed E-state index contributed by atoms with van der Waals surface area (Å²) in [5.41, 5.74) is 6.83. The van der Waals surface area contributed by atoms with Crippen LogP contribution in [-0.2, 0) is 6.42 Å². The van der Waals surface area contributed by atoms with Crippen molar-refractivity contribution in [1.82, 2.24) is 10.9 Å². The van der Waals surface area contributed by atoms with Crippen LogP contribution in [0.5, 0.6) is 11.5 Å². The van der Waals surface area contributed by atoms with Gasteiger partial charge in [-0.3, -0.25) is 20.4 Å². The first-order valence-corrected chi connectivity index (χ1v) is 10.4. The van der Waals surface area contributed by atoms with E-state index in [-0.39, 0.29) is 0 Å². The van der Waals surface area contributed by atoms with E-state index >= 15 is 0 Å². The first-order valence-electron chi connectivity index (χ1n) is 9.28. The SMILES string of the molecule is COc1ccc(C(=O)NNC(=O)c2cccc(OCCc3ccccc3)c2)cc1I. The van der Waals surface area contributed by atoms with Crippen LogP contribution >= 0.6 is 22.6 Å². The molecule has 0 atom stereocenters. The van der Waals surface area contributed by atoms with Gasteiger partial charge in [0, 0.05) is 17.5 Å². The molecule has 0 aliphatic carbocycles. The second-order valence-corrected chi connectivity index (χ2v) is 7.53. The molecular weight excluding hydrogens is 495 g/mol. The molecule has 0 radical (unpaired) electrons. The van der Waals surface area contributed by atoms with E-state index in [1.54, 1.807) is 49.6 Å². The summed E-state index contributed by atoms with van der Waals surface area (Å²) in [7, 11) is 1.57. The monoisotopic (exact) mass is 516 g/mol. The minimum Gasteiger partial charge on any atom is -0.496 e. The van der Waals surface area contributed by atoms with Crippen molar-refractivity contribution in [3.8, 4) is 11.5 Å². The van der Waals surface area contributed by atoms with Crippen LogP contribution < -0.4 is 20.3 Å². The third-order valence-corrected chi connectivity index (χ3v) is 5.15. The van der Waals surface area contributed by atoms with Crippen molar-refractivity contribution in [2.45, 2.75) is 6.42 Å². The number of amides is 2. The van der Waals surface area contributed by atoms with Gasteiger partial charge >= 0.3 is 0 Å². The number of ether oxygens (including phenoxy) is 2. The first-order chi connectivity index (χ1) is 14.6. The quantitative estimate of drug-likeness (QED) is 0.368. The Bertz CT molecular complexity index is 1020. The molecular formula is C23H21IN2O4. The van der Waals surface area contributed by atoms with Crippen LogP contribution in [0.15, 0.2) is 72.8 Å².